The lowest BCUT2D eigenvalue weighted by atomic mass is 10.0. The van der Waals surface area contributed by atoms with Gasteiger partial charge in [0.05, 0.1) is 11.4 Å². The summed E-state index contributed by atoms with van der Waals surface area (Å²) in [4.78, 5) is 0. The Morgan fingerprint density at radius 1 is 0.630 bits per heavy atom. The molecule has 0 saturated heterocycles. The molecule has 0 atom stereocenters. The Bertz CT molecular complexity index is 1240. The maximum Gasteiger partial charge on any atom is 0.135 e. The Morgan fingerprint density at radius 2 is 1.33 bits per heavy atom. The first kappa shape index (κ1) is 15.7. The van der Waals surface area contributed by atoms with Crippen LogP contribution in [-0.4, -0.2) is 0 Å². The molecule has 0 amide bonds. The van der Waals surface area contributed by atoms with Gasteiger partial charge in [-0.1, -0.05) is 66.7 Å². The highest BCUT2D eigenvalue weighted by Gasteiger charge is 2.13. The van der Waals surface area contributed by atoms with Crippen molar-refractivity contribution in [2.45, 2.75) is 0 Å². The molecule has 0 saturated carbocycles. The number of fused-ring (bicyclic) bond motifs is 3. The summed E-state index contributed by atoms with van der Waals surface area (Å²) in [5.74, 6) is 6.56. The van der Waals surface area contributed by atoms with Gasteiger partial charge >= 0.3 is 0 Å². The van der Waals surface area contributed by atoms with Crippen molar-refractivity contribution in [3.63, 3.8) is 0 Å². The van der Waals surface area contributed by atoms with E-state index in [4.69, 9.17) is 10.3 Å². The SMILES string of the molecule is NN(c1ccc2oc3ccccc3c2c1)c1ccccc1-c1ccccc1. The highest BCUT2D eigenvalue weighted by Crippen LogP contribution is 2.36. The first-order chi connectivity index (χ1) is 13.3. The van der Waals surface area contributed by atoms with Gasteiger partial charge in [0.15, 0.2) is 0 Å². The summed E-state index contributed by atoms with van der Waals surface area (Å²) in [5.41, 5.74) is 5.85. The van der Waals surface area contributed by atoms with Crippen LogP contribution < -0.4 is 10.9 Å². The number of furan rings is 1. The normalized spacial score (nSPS) is 11.1. The molecule has 0 spiro atoms. The Morgan fingerprint density at radius 3 is 2.22 bits per heavy atom. The summed E-state index contributed by atoms with van der Waals surface area (Å²) in [6, 6.07) is 32.6. The van der Waals surface area contributed by atoms with Crippen LogP contribution in [0.5, 0.6) is 0 Å². The number of para-hydroxylation sites is 2. The van der Waals surface area contributed by atoms with Crippen LogP contribution in [0.4, 0.5) is 11.4 Å². The number of nitrogens with zero attached hydrogens (tertiary/aromatic N) is 1. The summed E-state index contributed by atoms with van der Waals surface area (Å²) in [5, 5.41) is 3.90. The van der Waals surface area contributed by atoms with E-state index in [2.05, 4.69) is 30.3 Å². The van der Waals surface area contributed by atoms with Crippen molar-refractivity contribution < 1.29 is 4.42 Å². The lowest BCUT2D eigenvalue weighted by Gasteiger charge is -2.22. The molecule has 2 N–H and O–H groups in total. The zero-order chi connectivity index (χ0) is 18.2. The number of rotatable bonds is 3. The summed E-state index contributed by atoms with van der Waals surface area (Å²) in [6.07, 6.45) is 0. The summed E-state index contributed by atoms with van der Waals surface area (Å²) in [6.45, 7) is 0. The molecule has 1 heterocycles. The highest BCUT2D eigenvalue weighted by molar-refractivity contribution is 6.06. The molecule has 3 nitrogen and oxygen atoms in total. The Labute approximate surface area is 157 Å². The van der Waals surface area contributed by atoms with Gasteiger partial charge in [0.25, 0.3) is 0 Å². The molecule has 0 bridgehead atoms. The second-order valence-electron chi connectivity index (χ2n) is 6.53. The molecule has 0 radical (unpaired) electrons. The fraction of sp³-hybridized carbons (Fsp3) is 0. The Kier molecular flexibility index (Phi) is 3.66. The molecule has 0 aliphatic rings. The molecule has 3 heteroatoms. The summed E-state index contributed by atoms with van der Waals surface area (Å²) >= 11 is 0. The van der Waals surface area contributed by atoms with Crippen molar-refractivity contribution in [2.24, 2.45) is 5.84 Å². The zero-order valence-electron chi connectivity index (χ0n) is 14.7. The smallest absolute Gasteiger partial charge is 0.135 e. The second-order valence-corrected chi connectivity index (χ2v) is 6.53. The standard InChI is InChI=1S/C24H18N2O/c25-26(22-12-6-4-10-19(22)17-8-2-1-3-9-17)18-14-15-24-21(16-18)20-11-5-7-13-23(20)27-24/h1-16H,25H2. The summed E-state index contributed by atoms with van der Waals surface area (Å²) < 4.78 is 5.93. The lowest BCUT2D eigenvalue weighted by molar-refractivity contribution is 0.669. The van der Waals surface area contributed by atoms with Gasteiger partial charge in [0, 0.05) is 16.3 Å². The molecule has 130 valence electrons. The van der Waals surface area contributed by atoms with E-state index in [1.807, 2.05) is 66.7 Å². The molecular formula is C24H18N2O. The zero-order valence-corrected chi connectivity index (χ0v) is 14.7. The van der Waals surface area contributed by atoms with Crippen LogP contribution in [0.15, 0.2) is 101 Å². The van der Waals surface area contributed by atoms with Gasteiger partial charge in [-0.05, 0) is 35.9 Å². The number of hydrogen-bond donors (Lipinski definition) is 1. The highest BCUT2D eigenvalue weighted by atomic mass is 16.3. The Hall–Kier alpha value is -3.56. The van der Waals surface area contributed by atoms with Crippen LogP contribution in [-0.2, 0) is 0 Å². The largest absolute Gasteiger partial charge is 0.456 e. The minimum atomic E-state index is 0.865. The maximum atomic E-state index is 6.56. The van der Waals surface area contributed by atoms with Crippen molar-refractivity contribution >= 4 is 33.3 Å². The third kappa shape index (κ3) is 2.65. The van der Waals surface area contributed by atoms with Gasteiger partial charge in [-0.15, -0.1) is 0 Å². The average Bonchev–Trinajstić information content (AvgIpc) is 3.12. The first-order valence-electron chi connectivity index (χ1n) is 8.92. The fourth-order valence-corrected chi connectivity index (χ4v) is 3.55. The van der Waals surface area contributed by atoms with Crippen LogP contribution in [0.2, 0.25) is 0 Å². The summed E-state index contributed by atoms with van der Waals surface area (Å²) in [7, 11) is 0. The number of benzene rings is 4. The fourth-order valence-electron chi connectivity index (χ4n) is 3.55. The minimum absolute atomic E-state index is 0.865. The number of hydrogen-bond acceptors (Lipinski definition) is 3. The quantitative estimate of drug-likeness (QED) is 0.308. The molecule has 4 aromatic carbocycles. The van der Waals surface area contributed by atoms with E-state index in [0.717, 1.165) is 44.4 Å². The third-order valence-corrected chi connectivity index (χ3v) is 4.89. The van der Waals surface area contributed by atoms with Gasteiger partial charge in [-0.25, -0.2) is 5.84 Å². The number of nitrogens with two attached hydrogens (primary N) is 1. The molecule has 0 unspecified atom stereocenters. The van der Waals surface area contributed by atoms with Gasteiger partial charge in [0.2, 0.25) is 0 Å². The predicted molar refractivity (Wildman–Crippen MR) is 112 cm³/mol. The van der Waals surface area contributed by atoms with E-state index in [-0.39, 0.29) is 0 Å². The van der Waals surface area contributed by atoms with Gasteiger partial charge in [-0.3, -0.25) is 5.01 Å². The molecule has 27 heavy (non-hydrogen) atoms. The molecule has 5 aromatic rings. The van der Waals surface area contributed by atoms with E-state index < -0.39 is 0 Å². The topological polar surface area (TPSA) is 42.4 Å². The number of hydrazine groups is 1. The predicted octanol–water partition coefficient (Wildman–Crippen LogP) is 6.26. The van der Waals surface area contributed by atoms with E-state index in [9.17, 15) is 0 Å². The van der Waals surface area contributed by atoms with Crippen molar-refractivity contribution in [3.8, 4) is 11.1 Å². The van der Waals surface area contributed by atoms with E-state index in [0.29, 0.717) is 0 Å². The molecule has 1 aromatic heterocycles. The lowest BCUT2D eigenvalue weighted by Crippen LogP contribution is -2.25. The molecule has 0 aliphatic heterocycles. The van der Waals surface area contributed by atoms with Crippen LogP contribution in [0.25, 0.3) is 33.1 Å². The first-order valence-corrected chi connectivity index (χ1v) is 8.92. The van der Waals surface area contributed by atoms with Crippen LogP contribution >= 0.6 is 0 Å². The third-order valence-electron chi connectivity index (χ3n) is 4.89. The van der Waals surface area contributed by atoms with E-state index >= 15 is 0 Å². The van der Waals surface area contributed by atoms with Crippen molar-refractivity contribution in [1.82, 2.24) is 0 Å². The average molecular weight is 350 g/mol. The monoisotopic (exact) mass is 350 g/mol. The van der Waals surface area contributed by atoms with Crippen LogP contribution in [0.3, 0.4) is 0 Å². The maximum absolute atomic E-state index is 6.56. The second kappa shape index (κ2) is 6.31. The number of anilines is 2. The van der Waals surface area contributed by atoms with Crippen LogP contribution in [0.1, 0.15) is 0 Å². The minimum Gasteiger partial charge on any atom is -0.456 e. The Balaban J connectivity index is 1.64. The van der Waals surface area contributed by atoms with Crippen molar-refractivity contribution in [2.75, 3.05) is 5.01 Å². The van der Waals surface area contributed by atoms with Crippen molar-refractivity contribution in [3.05, 3.63) is 97.1 Å². The van der Waals surface area contributed by atoms with Gasteiger partial charge in [0.1, 0.15) is 11.2 Å². The molecular weight excluding hydrogens is 332 g/mol. The van der Waals surface area contributed by atoms with Crippen molar-refractivity contribution in [1.29, 1.82) is 0 Å². The molecule has 0 aliphatic carbocycles. The molecule has 0 fully saturated rings. The van der Waals surface area contributed by atoms with Gasteiger partial charge in [-0.2, -0.15) is 0 Å². The van der Waals surface area contributed by atoms with E-state index in [1.54, 1.807) is 5.01 Å². The van der Waals surface area contributed by atoms with E-state index in [1.165, 1.54) is 0 Å². The van der Waals surface area contributed by atoms with Gasteiger partial charge < -0.3 is 4.42 Å². The van der Waals surface area contributed by atoms with Crippen LogP contribution in [0, 0.1) is 0 Å². The molecule has 5 rings (SSSR count).